The molecule has 0 bridgehead atoms. The van der Waals surface area contributed by atoms with E-state index in [-0.39, 0.29) is 17.5 Å². The van der Waals surface area contributed by atoms with Crippen molar-refractivity contribution in [2.45, 2.75) is 19.0 Å². The van der Waals surface area contributed by atoms with Gasteiger partial charge in [-0.3, -0.25) is 4.79 Å². The number of aromatic nitrogens is 2. The quantitative estimate of drug-likeness (QED) is 0.945. The third-order valence-electron chi connectivity index (χ3n) is 3.28. The lowest BCUT2D eigenvalue weighted by molar-refractivity contribution is -0.137. The molecule has 21 heavy (non-hydrogen) atoms. The molecule has 2 aromatic rings. The molecule has 3 rings (SSSR count). The Morgan fingerprint density at radius 2 is 2.10 bits per heavy atom. The van der Waals surface area contributed by atoms with E-state index in [9.17, 15) is 18.0 Å². The van der Waals surface area contributed by atoms with E-state index in [1.165, 1.54) is 16.9 Å². The number of nitrogens with one attached hydrogen (secondary N) is 1. The van der Waals surface area contributed by atoms with E-state index in [2.05, 4.69) is 10.4 Å². The van der Waals surface area contributed by atoms with Crippen LogP contribution in [0.2, 0.25) is 0 Å². The molecule has 1 aromatic heterocycles. The van der Waals surface area contributed by atoms with Gasteiger partial charge in [0.2, 0.25) is 5.91 Å². The summed E-state index contributed by atoms with van der Waals surface area (Å²) in [4.78, 5) is 11.8. The number of rotatable bonds is 3. The van der Waals surface area contributed by atoms with Gasteiger partial charge in [0.1, 0.15) is 0 Å². The number of nitrogens with zero attached hydrogens (tertiary/aromatic N) is 2. The lowest BCUT2D eigenvalue weighted by Gasteiger charge is -2.14. The van der Waals surface area contributed by atoms with E-state index in [0.29, 0.717) is 5.69 Å². The molecular weight excluding hydrogens is 283 g/mol. The number of benzene rings is 1. The Morgan fingerprint density at radius 1 is 1.33 bits per heavy atom. The lowest BCUT2D eigenvalue weighted by atomic mass is 10.1. The van der Waals surface area contributed by atoms with E-state index in [0.717, 1.165) is 25.0 Å². The minimum absolute atomic E-state index is 0.0926. The number of alkyl halides is 3. The Bertz CT molecular complexity index is 661. The summed E-state index contributed by atoms with van der Waals surface area (Å²) in [5.41, 5.74) is -0.281. The molecule has 0 atom stereocenters. The number of anilines is 1. The van der Waals surface area contributed by atoms with Crippen LogP contribution >= 0.6 is 0 Å². The van der Waals surface area contributed by atoms with Gasteiger partial charge in [-0.15, -0.1) is 0 Å². The Labute approximate surface area is 118 Å². The second-order valence-corrected chi connectivity index (χ2v) is 4.94. The molecule has 1 saturated carbocycles. The summed E-state index contributed by atoms with van der Waals surface area (Å²) < 4.78 is 39.9. The molecule has 0 saturated heterocycles. The Kier molecular flexibility index (Phi) is 3.19. The van der Waals surface area contributed by atoms with Crippen LogP contribution in [0.1, 0.15) is 18.4 Å². The third kappa shape index (κ3) is 2.91. The number of halogens is 3. The fourth-order valence-corrected chi connectivity index (χ4v) is 2.00. The van der Waals surface area contributed by atoms with Crippen LogP contribution in [0.4, 0.5) is 18.9 Å². The van der Waals surface area contributed by atoms with Crippen molar-refractivity contribution in [2.75, 3.05) is 5.32 Å². The molecule has 1 fully saturated rings. The van der Waals surface area contributed by atoms with Gasteiger partial charge in [-0.1, -0.05) is 0 Å². The summed E-state index contributed by atoms with van der Waals surface area (Å²) in [7, 11) is 0. The molecular formula is C14H12F3N3O. The fourth-order valence-electron chi connectivity index (χ4n) is 2.00. The van der Waals surface area contributed by atoms with Gasteiger partial charge in [0.25, 0.3) is 0 Å². The summed E-state index contributed by atoms with van der Waals surface area (Å²) in [6.07, 6.45) is 0.227. The van der Waals surface area contributed by atoms with Crippen molar-refractivity contribution in [3.63, 3.8) is 0 Å². The molecule has 4 nitrogen and oxygen atoms in total. The van der Waals surface area contributed by atoms with Crippen LogP contribution in [0.25, 0.3) is 5.69 Å². The summed E-state index contributed by atoms with van der Waals surface area (Å²) in [5, 5.41) is 6.56. The Balaban J connectivity index is 2.00. The van der Waals surface area contributed by atoms with E-state index < -0.39 is 11.7 Å². The molecule has 0 radical (unpaired) electrons. The van der Waals surface area contributed by atoms with Crippen molar-refractivity contribution in [3.05, 3.63) is 42.2 Å². The van der Waals surface area contributed by atoms with Crippen molar-refractivity contribution in [1.82, 2.24) is 9.78 Å². The molecule has 1 heterocycles. The van der Waals surface area contributed by atoms with Crippen LogP contribution < -0.4 is 5.32 Å². The first-order chi connectivity index (χ1) is 9.95. The van der Waals surface area contributed by atoms with Gasteiger partial charge < -0.3 is 5.32 Å². The smallest absolute Gasteiger partial charge is 0.324 e. The van der Waals surface area contributed by atoms with E-state index in [1.807, 2.05) is 0 Å². The number of hydrogen-bond acceptors (Lipinski definition) is 2. The van der Waals surface area contributed by atoms with E-state index in [1.54, 1.807) is 12.3 Å². The maximum atomic E-state index is 12.8. The summed E-state index contributed by atoms with van der Waals surface area (Å²) in [5.74, 6) is -0.340. The van der Waals surface area contributed by atoms with E-state index >= 15 is 0 Å². The molecule has 1 amide bonds. The highest BCUT2D eigenvalue weighted by molar-refractivity contribution is 5.95. The highest BCUT2D eigenvalue weighted by atomic mass is 19.4. The first-order valence-electron chi connectivity index (χ1n) is 6.47. The first kappa shape index (κ1) is 13.7. The Hall–Kier alpha value is -2.31. The predicted octanol–water partition coefficient (Wildman–Crippen LogP) is 3.24. The highest BCUT2D eigenvalue weighted by Crippen LogP contribution is 2.35. The van der Waals surface area contributed by atoms with Gasteiger partial charge in [0.15, 0.2) is 0 Å². The molecule has 1 aliphatic carbocycles. The average molecular weight is 295 g/mol. The van der Waals surface area contributed by atoms with Crippen molar-refractivity contribution in [3.8, 4) is 5.69 Å². The zero-order chi connectivity index (χ0) is 15.0. The van der Waals surface area contributed by atoms with Gasteiger partial charge in [0, 0.05) is 18.3 Å². The number of amides is 1. The zero-order valence-corrected chi connectivity index (χ0v) is 10.9. The molecule has 0 unspecified atom stereocenters. The van der Waals surface area contributed by atoms with Crippen LogP contribution in [0.15, 0.2) is 36.7 Å². The van der Waals surface area contributed by atoms with Crippen LogP contribution in [0, 0.1) is 5.92 Å². The molecule has 7 heteroatoms. The second-order valence-electron chi connectivity index (χ2n) is 4.94. The third-order valence-corrected chi connectivity index (χ3v) is 3.28. The number of hydrogen-bond donors (Lipinski definition) is 1. The zero-order valence-electron chi connectivity index (χ0n) is 10.9. The molecule has 1 aliphatic rings. The maximum Gasteiger partial charge on any atom is 0.416 e. The largest absolute Gasteiger partial charge is 0.416 e. The van der Waals surface area contributed by atoms with Crippen LogP contribution in [0.3, 0.4) is 0 Å². The van der Waals surface area contributed by atoms with Crippen molar-refractivity contribution in [1.29, 1.82) is 0 Å². The second kappa shape index (κ2) is 4.91. The number of carbonyl (C=O) groups excluding carboxylic acids is 1. The molecule has 0 aliphatic heterocycles. The van der Waals surface area contributed by atoms with Crippen LogP contribution in [-0.2, 0) is 11.0 Å². The van der Waals surface area contributed by atoms with Crippen molar-refractivity contribution < 1.29 is 18.0 Å². The topological polar surface area (TPSA) is 46.9 Å². The minimum Gasteiger partial charge on any atom is -0.324 e. The molecule has 0 spiro atoms. The van der Waals surface area contributed by atoms with Crippen molar-refractivity contribution >= 4 is 11.6 Å². The average Bonchev–Trinajstić information content (AvgIpc) is 3.14. The SMILES string of the molecule is O=C(Nc1cc(C(F)(F)F)ccc1-n1cccn1)C1CC1. The normalized spacial score (nSPS) is 15.0. The monoisotopic (exact) mass is 295 g/mol. The van der Waals surface area contributed by atoms with Crippen LogP contribution in [-0.4, -0.2) is 15.7 Å². The Morgan fingerprint density at radius 3 is 2.67 bits per heavy atom. The fraction of sp³-hybridized carbons (Fsp3) is 0.286. The molecule has 110 valence electrons. The highest BCUT2D eigenvalue weighted by Gasteiger charge is 2.33. The van der Waals surface area contributed by atoms with Gasteiger partial charge >= 0.3 is 6.18 Å². The van der Waals surface area contributed by atoms with Gasteiger partial charge in [-0.2, -0.15) is 18.3 Å². The maximum absolute atomic E-state index is 12.8. The first-order valence-corrected chi connectivity index (χ1v) is 6.47. The molecule has 1 N–H and O–H groups in total. The van der Waals surface area contributed by atoms with E-state index in [4.69, 9.17) is 0 Å². The minimum atomic E-state index is -4.46. The number of carbonyl (C=O) groups is 1. The van der Waals surface area contributed by atoms with Crippen molar-refractivity contribution in [2.24, 2.45) is 5.92 Å². The summed E-state index contributed by atoms with van der Waals surface area (Å²) >= 11 is 0. The summed E-state index contributed by atoms with van der Waals surface area (Å²) in [6, 6.07) is 4.88. The van der Waals surface area contributed by atoms with Crippen LogP contribution in [0.5, 0.6) is 0 Å². The van der Waals surface area contributed by atoms with Gasteiger partial charge in [-0.05, 0) is 37.1 Å². The summed E-state index contributed by atoms with van der Waals surface area (Å²) in [6.45, 7) is 0. The van der Waals surface area contributed by atoms with Gasteiger partial charge in [0.05, 0.1) is 16.9 Å². The standard InChI is InChI=1S/C14H12F3N3O/c15-14(16,17)10-4-5-12(20-7-1-6-18-20)11(8-10)19-13(21)9-2-3-9/h1,4-9H,2-3H2,(H,19,21). The molecule has 1 aromatic carbocycles. The van der Waals surface area contributed by atoms with Gasteiger partial charge in [-0.25, -0.2) is 4.68 Å². The lowest BCUT2D eigenvalue weighted by Crippen LogP contribution is -2.16. The predicted molar refractivity (Wildman–Crippen MR) is 69.9 cm³/mol.